The van der Waals surface area contributed by atoms with Gasteiger partial charge in [-0.15, -0.1) is 34.5 Å². The molecule has 0 atom stereocenters. The van der Waals surface area contributed by atoms with Crippen molar-refractivity contribution >= 4 is 27.8 Å². The molecule has 0 bridgehead atoms. The number of benzene rings is 2. The Morgan fingerprint density at radius 1 is 0.955 bits per heavy atom. The van der Waals surface area contributed by atoms with Crippen molar-refractivity contribution in [3.05, 3.63) is 66.2 Å². The maximum Gasteiger partial charge on any atom is 0 e. The van der Waals surface area contributed by atoms with Crippen molar-refractivity contribution in [1.29, 1.82) is 0 Å². The number of hydrogen-bond acceptors (Lipinski definition) is 0. The normalized spacial score (nSPS) is 9.86. The molecule has 0 saturated carbocycles. The van der Waals surface area contributed by atoms with Gasteiger partial charge in [0.05, 0.1) is 0 Å². The topological polar surface area (TPSA) is 0 Å². The Balaban J connectivity index is 0.000000562. The van der Waals surface area contributed by atoms with Gasteiger partial charge in [-0.1, -0.05) is 55.8 Å². The van der Waals surface area contributed by atoms with Gasteiger partial charge < -0.3 is 0 Å². The number of rotatable bonds is 2. The average molecular weight is 487 g/mol. The van der Waals surface area contributed by atoms with Gasteiger partial charge in [-0.25, -0.2) is 0 Å². The first-order chi connectivity index (χ1) is 10.2. The summed E-state index contributed by atoms with van der Waals surface area (Å²) in [7, 11) is 9.87. The number of hydrogen-bond donors (Lipinski definition) is 0. The Labute approximate surface area is 170 Å². The van der Waals surface area contributed by atoms with Crippen LogP contribution in [-0.2, 0) is 47.1 Å². The van der Waals surface area contributed by atoms with Gasteiger partial charge in [0.15, 0.2) is 0 Å². The van der Waals surface area contributed by atoms with Gasteiger partial charge in [-0.3, -0.25) is 0 Å². The van der Waals surface area contributed by atoms with E-state index in [4.69, 9.17) is 17.0 Å². The van der Waals surface area contributed by atoms with Crippen molar-refractivity contribution in [3.8, 4) is 11.1 Å². The summed E-state index contributed by atoms with van der Waals surface area (Å²) in [6.07, 6.45) is 0. The molecule has 0 aromatic heterocycles. The molecule has 0 nitrogen and oxygen atoms in total. The van der Waals surface area contributed by atoms with Crippen LogP contribution in [0.4, 0.5) is 0 Å². The monoisotopic (exact) mass is 483 g/mol. The molecule has 4 heteroatoms. The van der Waals surface area contributed by atoms with E-state index in [1.807, 2.05) is 0 Å². The number of fused-ring (bicyclic) bond motifs is 1. The third-order valence-corrected chi connectivity index (χ3v) is 3.52. The fraction of sp³-hybridized carbons (Fsp3) is 0.167. The second-order valence-corrected chi connectivity index (χ2v) is 8.92. The summed E-state index contributed by atoms with van der Waals surface area (Å²) in [5.74, 6) is 0.584. The summed E-state index contributed by atoms with van der Waals surface area (Å²) in [4.78, 5) is 0. The average Bonchev–Trinajstić information content (AvgIpc) is 2.93. The van der Waals surface area contributed by atoms with Gasteiger partial charge in [0, 0.05) is 26.2 Å². The second-order valence-electron chi connectivity index (χ2n) is 5.19. The number of halogens is 2. The summed E-state index contributed by atoms with van der Waals surface area (Å²) in [5, 5.41) is 2.72. The summed E-state index contributed by atoms with van der Waals surface area (Å²) in [5.41, 5.74) is 4.05. The molecule has 3 aromatic rings. The second kappa shape index (κ2) is 10.3. The van der Waals surface area contributed by atoms with Gasteiger partial charge in [0.2, 0.25) is 0 Å². The first-order valence-electron chi connectivity index (χ1n) is 6.88. The minimum Gasteiger partial charge on any atom is 0 e. The van der Waals surface area contributed by atoms with Crippen molar-refractivity contribution in [2.24, 2.45) is 0 Å². The van der Waals surface area contributed by atoms with Crippen molar-refractivity contribution < 1.29 is 47.1 Å². The van der Waals surface area contributed by atoms with Gasteiger partial charge in [0.25, 0.3) is 0 Å². The molecule has 0 amide bonds. The largest absolute Gasteiger partial charge is 0 e. The van der Waals surface area contributed by atoms with Crippen LogP contribution < -0.4 is 0 Å². The molecule has 3 aromatic carbocycles. The molecule has 0 radical (unpaired) electrons. The van der Waals surface area contributed by atoms with Crippen LogP contribution in [0.15, 0.2) is 60.7 Å². The standard InChI is InChI=1S/C18H17.2ClH.2Zr/c1-13(2)16-11-15-9-6-10-17(18(15)12-16)14-7-4-3-5-8-14;;;;/h3-13H,1-2H3;2*1H;;/q-1;;;;+2/p-2. The Morgan fingerprint density at radius 3 is 2.18 bits per heavy atom. The Morgan fingerprint density at radius 2 is 1.59 bits per heavy atom. The van der Waals surface area contributed by atoms with Crippen molar-refractivity contribution in [3.63, 3.8) is 0 Å². The summed E-state index contributed by atoms with van der Waals surface area (Å²) in [6, 6.07) is 21.8. The molecule has 3 rings (SSSR count). The minimum absolute atomic E-state index is 0. The predicted octanol–water partition coefficient (Wildman–Crippen LogP) is 6.72. The van der Waals surface area contributed by atoms with E-state index in [1.165, 1.54) is 27.5 Å². The van der Waals surface area contributed by atoms with Crippen LogP contribution in [0.25, 0.3) is 21.9 Å². The zero-order valence-electron chi connectivity index (χ0n) is 12.6. The van der Waals surface area contributed by atoms with Crippen LogP contribution >= 0.6 is 17.0 Å². The molecular weight excluding hydrogens is 470 g/mol. The molecule has 0 aliphatic heterocycles. The van der Waals surface area contributed by atoms with Crippen molar-refractivity contribution in [2.45, 2.75) is 19.8 Å². The molecule has 0 heterocycles. The van der Waals surface area contributed by atoms with E-state index in [0.29, 0.717) is 5.92 Å². The minimum atomic E-state index is -0.826. The van der Waals surface area contributed by atoms with E-state index in [2.05, 4.69) is 74.5 Å². The smallest absolute Gasteiger partial charge is 0 e. The van der Waals surface area contributed by atoms with Crippen molar-refractivity contribution in [2.75, 3.05) is 0 Å². The van der Waals surface area contributed by atoms with Gasteiger partial charge in [-0.2, -0.15) is 6.07 Å². The molecule has 0 aliphatic carbocycles. The summed E-state index contributed by atoms with van der Waals surface area (Å²) >= 11 is -0.826. The van der Waals surface area contributed by atoms with Gasteiger partial charge in [0.1, 0.15) is 0 Å². The van der Waals surface area contributed by atoms with Crippen LogP contribution in [0.5, 0.6) is 0 Å². The molecule has 0 fully saturated rings. The fourth-order valence-electron chi connectivity index (χ4n) is 2.46. The molecule has 0 spiro atoms. The Bertz CT molecular complexity index is 691. The zero-order chi connectivity index (χ0) is 15.2. The molecule has 0 aliphatic rings. The molecule has 0 unspecified atom stereocenters. The molecule has 22 heavy (non-hydrogen) atoms. The van der Waals surface area contributed by atoms with E-state index in [0.717, 1.165) is 0 Å². The SMILES string of the molecule is CC(C)c1cc2c(-c3ccccc3)cccc2[cH-]1.[Cl][Zr][Cl].[Zr]. The Kier molecular flexibility index (Phi) is 9.57. The van der Waals surface area contributed by atoms with Crippen LogP contribution in [0.3, 0.4) is 0 Å². The van der Waals surface area contributed by atoms with Crippen LogP contribution in [0, 0.1) is 0 Å². The molecule has 0 saturated heterocycles. The van der Waals surface area contributed by atoms with E-state index in [-0.39, 0.29) is 26.2 Å². The third-order valence-electron chi connectivity index (χ3n) is 3.52. The Hall–Kier alpha value is 0.396. The van der Waals surface area contributed by atoms with Crippen LogP contribution in [0.2, 0.25) is 0 Å². The fourth-order valence-corrected chi connectivity index (χ4v) is 2.46. The van der Waals surface area contributed by atoms with E-state index in [1.54, 1.807) is 0 Å². The van der Waals surface area contributed by atoms with E-state index < -0.39 is 20.8 Å². The van der Waals surface area contributed by atoms with Crippen molar-refractivity contribution in [1.82, 2.24) is 0 Å². The maximum absolute atomic E-state index is 4.93. The maximum atomic E-state index is 4.93. The van der Waals surface area contributed by atoms with Crippen LogP contribution in [-0.4, -0.2) is 0 Å². The summed E-state index contributed by atoms with van der Waals surface area (Å²) < 4.78 is 0. The predicted molar refractivity (Wildman–Crippen MR) is 90.8 cm³/mol. The van der Waals surface area contributed by atoms with Crippen LogP contribution in [0.1, 0.15) is 25.3 Å². The van der Waals surface area contributed by atoms with E-state index >= 15 is 0 Å². The third kappa shape index (κ3) is 5.20. The first kappa shape index (κ1) is 20.4. The molecule has 0 N–H and O–H groups in total. The van der Waals surface area contributed by atoms with E-state index in [9.17, 15) is 0 Å². The van der Waals surface area contributed by atoms with Gasteiger partial charge in [-0.05, 0) is 11.5 Å². The molecular formula is C18H17Cl2Zr2-. The first-order valence-corrected chi connectivity index (χ1v) is 13.2. The quantitative estimate of drug-likeness (QED) is 0.353. The van der Waals surface area contributed by atoms with Gasteiger partial charge >= 0.3 is 37.9 Å². The summed E-state index contributed by atoms with van der Waals surface area (Å²) in [6.45, 7) is 4.49. The zero-order valence-corrected chi connectivity index (χ0v) is 19.0. The molecule has 112 valence electrons.